The number of likely N-dealkylation sites (N-methyl/N-ethyl adjacent to an activating group) is 1. The van der Waals surface area contributed by atoms with Gasteiger partial charge in [-0.15, -0.1) is 0 Å². The highest BCUT2D eigenvalue weighted by atomic mass is 16.5. The van der Waals surface area contributed by atoms with E-state index in [1.807, 2.05) is 30.0 Å². The molecule has 0 bridgehead atoms. The van der Waals surface area contributed by atoms with Gasteiger partial charge in [-0.1, -0.05) is 6.08 Å². The maximum Gasteiger partial charge on any atom is 0.246 e. The van der Waals surface area contributed by atoms with Crippen molar-refractivity contribution in [2.75, 3.05) is 54.9 Å². The molecule has 2 amide bonds. The second-order valence-corrected chi connectivity index (χ2v) is 6.70. The molecule has 0 aromatic rings. The lowest BCUT2D eigenvalue weighted by Gasteiger charge is -2.41. The first-order valence-electron chi connectivity index (χ1n) is 8.15. The minimum absolute atomic E-state index is 0.0203. The lowest BCUT2D eigenvalue weighted by Crippen LogP contribution is -2.51. The van der Waals surface area contributed by atoms with Gasteiger partial charge >= 0.3 is 0 Å². The first-order valence-corrected chi connectivity index (χ1v) is 8.15. The molecule has 0 aromatic carbocycles. The molecule has 1 fully saturated rings. The summed E-state index contributed by atoms with van der Waals surface area (Å²) >= 11 is 0. The molecule has 0 aromatic heterocycles. The number of ether oxygens (including phenoxy) is 1. The summed E-state index contributed by atoms with van der Waals surface area (Å²) in [6, 6.07) is 0. The monoisotopic (exact) mass is 325 g/mol. The number of carbonyl (C=O) groups excluding carboxylic acids is 2. The van der Waals surface area contributed by atoms with E-state index in [-0.39, 0.29) is 11.8 Å². The quantitative estimate of drug-likeness (QED) is 0.655. The van der Waals surface area contributed by atoms with Crippen LogP contribution < -0.4 is 0 Å². The molecule has 23 heavy (non-hydrogen) atoms. The van der Waals surface area contributed by atoms with Crippen molar-refractivity contribution in [3.05, 3.63) is 12.2 Å². The van der Waals surface area contributed by atoms with Crippen molar-refractivity contribution in [2.24, 2.45) is 0 Å². The van der Waals surface area contributed by atoms with Crippen molar-refractivity contribution in [3.8, 4) is 0 Å². The molecular formula is C17H31N3O3. The van der Waals surface area contributed by atoms with Crippen molar-refractivity contribution >= 4 is 11.8 Å². The van der Waals surface area contributed by atoms with E-state index in [9.17, 15) is 9.59 Å². The molecule has 0 radical (unpaired) electrons. The van der Waals surface area contributed by atoms with Gasteiger partial charge in [0.2, 0.25) is 11.8 Å². The van der Waals surface area contributed by atoms with Crippen molar-refractivity contribution in [1.82, 2.24) is 14.7 Å². The number of rotatable bonds is 7. The predicted octanol–water partition coefficient (Wildman–Crippen LogP) is 0.980. The Morgan fingerprint density at radius 2 is 1.96 bits per heavy atom. The summed E-state index contributed by atoms with van der Waals surface area (Å²) in [5, 5.41) is 0. The Kier molecular flexibility index (Phi) is 7.72. The summed E-state index contributed by atoms with van der Waals surface area (Å²) in [4.78, 5) is 29.6. The SMILES string of the molecule is COC1(CCC(=O)N(C)C)CCCN(C(=O)C=CCN(C)C)C1. The molecule has 1 aliphatic rings. The van der Waals surface area contributed by atoms with Gasteiger partial charge in [0, 0.05) is 53.3 Å². The molecule has 1 rings (SSSR count). The second-order valence-electron chi connectivity index (χ2n) is 6.70. The number of hydrogen-bond acceptors (Lipinski definition) is 4. The minimum atomic E-state index is -0.408. The van der Waals surface area contributed by atoms with Crippen molar-refractivity contribution in [2.45, 2.75) is 31.3 Å². The minimum Gasteiger partial charge on any atom is -0.376 e. The van der Waals surface area contributed by atoms with Crippen LogP contribution in [0.15, 0.2) is 12.2 Å². The van der Waals surface area contributed by atoms with E-state index in [1.54, 1.807) is 32.2 Å². The highest BCUT2D eigenvalue weighted by Crippen LogP contribution is 2.29. The van der Waals surface area contributed by atoms with Gasteiger partial charge in [0.25, 0.3) is 0 Å². The summed E-state index contributed by atoms with van der Waals surface area (Å²) < 4.78 is 5.74. The lowest BCUT2D eigenvalue weighted by molar-refractivity contribution is -0.138. The van der Waals surface area contributed by atoms with Gasteiger partial charge in [0.1, 0.15) is 0 Å². The zero-order valence-electron chi connectivity index (χ0n) is 15.2. The van der Waals surface area contributed by atoms with E-state index < -0.39 is 5.60 Å². The zero-order valence-corrected chi connectivity index (χ0v) is 15.2. The molecular weight excluding hydrogens is 294 g/mol. The second kappa shape index (κ2) is 9.03. The molecule has 1 saturated heterocycles. The number of carbonyl (C=O) groups is 2. The topological polar surface area (TPSA) is 53.1 Å². The third kappa shape index (κ3) is 6.31. The molecule has 0 saturated carbocycles. The van der Waals surface area contributed by atoms with E-state index >= 15 is 0 Å². The Morgan fingerprint density at radius 3 is 2.52 bits per heavy atom. The molecule has 0 aliphatic carbocycles. The number of nitrogens with zero attached hydrogens (tertiary/aromatic N) is 3. The van der Waals surface area contributed by atoms with Gasteiger partial charge < -0.3 is 19.4 Å². The van der Waals surface area contributed by atoms with Crippen LogP contribution in [0.4, 0.5) is 0 Å². The Labute approximate surface area is 140 Å². The van der Waals surface area contributed by atoms with E-state index in [0.717, 1.165) is 25.9 Å². The average molecular weight is 325 g/mol. The molecule has 6 nitrogen and oxygen atoms in total. The lowest BCUT2D eigenvalue weighted by atomic mass is 9.87. The van der Waals surface area contributed by atoms with Crippen molar-refractivity contribution < 1.29 is 14.3 Å². The molecule has 1 aliphatic heterocycles. The van der Waals surface area contributed by atoms with Crippen LogP contribution in [-0.4, -0.2) is 87.0 Å². The number of likely N-dealkylation sites (tertiary alicyclic amines) is 1. The van der Waals surface area contributed by atoms with Gasteiger partial charge in [-0.05, 0) is 33.4 Å². The van der Waals surface area contributed by atoms with Gasteiger partial charge in [-0.25, -0.2) is 0 Å². The number of piperidine rings is 1. The average Bonchev–Trinajstić information content (AvgIpc) is 2.52. The van der Waals surface area contributed by atoms with Crippen LogP contribution >= 0.6 is 0 Å². The van der Waals surface area contributed by atoms with E-state index in [2.05, 4.69) is 0 Å². The molecule has 132 valence electrons. The number of hydrogen-bond donors (Lipinski definition) is 0. The third-order valence-corrected chi connectivity index (χ3v) is 4.31. The first kappa shape index (κ1) is 19.6. The maximum absolute atomic E-state index is 12.3. The molecule has 6 heteroatoms. The fraction of sp³-hybridized carbons (Fsp3) is 0.765. The zero-order chi connectivity index (χ0) is 17.5. The summed E-state index contributed by atoms with van der Waals surface area (Å²) in [6.45, 7) is 2.04. The van der Waals surface area contributed by atoms with E-state index in [0.29, 0.717) is 19.4 Å². The Bertz CT molecular complexity index is 435. The summed E-state index contributed by atoms with van der Waals surface area (Å²) in [6.07, 6.45) is 6.38. The fourth-order valence-corrected chi connectivity index (χ4v) is 2.79. The van der Waals surface area contributed by atoms with Crippen LogP contribution in [0.2, 0.25) is 0 Å². The highest BCUT2D eigenvalue weighted by molar-refractivity contribution is 5.87. The predicted molar refractivity (Wildman–Crippen MR) is 91.2 cm³/mol. The first-order chi connectivity index (χ1) is 10.8. The largest absolute Gasteiger partial charge is 0.376 e. The third-order valence-electron chi connectivity index (χ3n) is 4.31. The van der Waals surface area contributed by atoms with Gasteiger partial charge in [-0.2, -0.15) is 0 Å². The van der Waals surface area contributed by atoms with E-state index in [4.69, 9.17) is 4.74 Å². The van der Waals surface area contributed by atoms with Crippen LogP contribution in [0.3, 0.4) is 0 Å². The highest BCUT2D eigenvalue weighted by Gasteiger charge is 2.37. The van der Waals surface area contributed by atoms with Gasteiger partial charge in [-0.3, -0.25) is 9.59 Å². The molecule has 1 atom stereocenters. The summed E-state index contributed by atoms with van der Waals surface area (Å²) in [7, 11) is 9.12. The molecule has 1 heterocycles. The molecule has 1 unspecified atom stereocenters. The smallest absolute Gasteiger partial charge is 0.246 e. The Balaban J connectivity index is 2.64. The fourth-order valence-electron chi connectivity index (χ4n) is 2.79. The van der Waals surface area contributed by atoms with E-state index in [1.165, 1.54) is 0 Å². The Hall–Kier alpha value is -1.40. The van der Waals surface area contributed by atoms with Crippen molar-refractivity contribution in [1.29, 1.82) is 0 Å². The molecule has 0 spiro atoms. The standard InChI is InChI=1S/C17H31N3O3/c1-18(2)12-6-8-16(22)20-13-7-10-17(14-20,23-5)11-9-15(21)19(3)4/h6,8H,7,9-14H2,1-5H3. The molecule has 0 N–H and O–H groups in total. The summed E-state index contributed by atoms with van der Waals surface area (Å²) in [5.41, 5.74) is -0.408. The maximum atomic E-state index is 12.3. The van der Waals surface area contributed by atoms with Crippen LogP contribution in [0, 0.1) is 0 Å². The van der Waals surface area contributed by atoms with Crippen LogP contribution in [0.5, 0.6) is 0 Å². The summed E-state index contributed by atoms with van der Waals surface area (Å²) in [5.74, 6) is 0.114. The number of amides is 2. The van der Waals surface area contributed by atoms with Crippen molar-refractivity contribution in [3.63, 3.8) is 0 Å². The Morgan fingerprint density at radius 1 is 1.26 bits per heavy atom. The van der Waals surface area contributed by atoms with Crippen LogP contribution in [0.25, 0.3) is 0 Å². The normalized spacial score (nSPS) is 21.9. The number of methoxy groups -OCH3 is 1. The van der Waals surface area contributed by atoms with Gasteiger partial charge in [0.15, 0.2) is 0 Å². The van der Waals surface area contributed by atoms with Gasteiger partial charge in [0.05, 0.1) is 5.60 Å². The van der Waals surface area contributed by atoms with Crippen LogP contribution in [-0.2, 0) is 14.3 Å². The van der Waals surface area contributed by atoms with Crippen LogP contribution in [0.1, 0.15) is 25.7 Å².